The number of ether oxygens (including phenoxy) is 1. The molecule has 5 heterocycles. The molecule has 1 amide bonds. The van der Waals surface area contributed by atoms with Crippen molar-refractivity contribution in [3.8, 4) is 11.6 Å². The fraction of sp³-hybridized carbons (Fsp3) is 0.231. The van der Waals surface area contributed by atoms with Crippen molar-refractivity contribution in [3.05, 3.63) is 69.6 Å². The lowest BCUT2D eigenvalue weighted by Crippen LogP contribution is -2.35. The highest BCUT2D eigenvalue weighted by Crippen LogP contribution is 2.35. The SMILES string of the molecule is COC(=O)c1ccc2[nH]c3c(c2c1)CN(C(=O)c1sc2nc(-c4ccco4)nc(C)c2c1C)CC3. The Hall–Kier alpha value is -3.98. The first kappa shape index (κ1) is 21.5. The molecule has 0 bridgehead atoms. The molecule has 1 aliphatic heterocycles. The number of carbonyl (C=O) groups is 2. The summed E-state index contributed by atoms with van der Waals surface area (Å²) in [5.41, 5.74) is 5.31. The molecule has 6 rings (SSSR count). The van der Waals surface area contributed by atoms with E-state index in [1.54, 1.807) is 18.4 Å². The molecule has 176 valence electrons. The summed E-state index contributed by atoms with van der Waals surface area (Å²) in [6, 6.07) is 9.10. The summed E-state index contributed by atoms with van der Waals surface area (Å²) in [5.74, 6) is 0.719. The van der Waals surface area contributed by atoms with E-state index < -0.39 is 0 Å². The van der Waals surface area contributed by atoms with E-state index in [0.717, 1.165) is 43.6 Å². The van der Waals surface area contributed by atoms with Crippen molar-refractivity contribution in [3.63, 3.8) is 0 Å². The van der Waals surface area contributed by atoms with Gasteiger partial charge in [0.2, 0.25) is 0 Å². The molecule has 8 nitrogen and oxygen atoms in total. The van der Waals surface area contributed by atoms with E-state index in [2.05, 4.69) is 15.0 Å². The van der Waals surface area contributed by atoms with Gasteiger partial charge in [-0.15, -0.1) is 11.3 Å². The summed E-state index contributed by atoms with van der Waals surface area (Å²) in [5, 5.41) is 1.86. The molecular weight excluding hydrogens is 464 g/mol. The molecule has 35 heavy (non-hydrogen) atoms. The van der Waals surface area contributed by atoms with Crippen molar-refractivity contribution in [1.29, 1.82) is 0 Å². The zero-order valence-corrected chi connectivity index (χ0v) is 20.3. The fourth-order valence-corrected chi connectivity index (χ4v) is 6.03. The largest absolute Gasteiger partial charge is 0.465 e. The Morgan fingerprint density at radius 1 is 1.20 bits per heavy atom. The zero-order valence-electron chi connectivity index (χ0n) is 19.5. The Morgan fingerprint density at radius 2 is 2.06 bits per heavy atom. The number of esters is 1. The number of carbonyl (C=O) groups excluding carboxylic acids is 2. The summed E-state index contributed by atoms with van der Waals surface area (Å²) in [6.45, 7) is 4.97. The number of hydrogen-bond donors (Lipinski definition) is 1. The predicted octanol–water partition coefficient (Wildman–Crippen LogP) is 5.03. The van der Waals surface area contributed by atoms with Crippen LogP contribution in [0.5, 0.6) is 0 Å². The monoisotopic (exact) mass is 486 g/mol. The van der Waals surface area contributed by atoms with Gasteiger partial charge in [0.05, 0.1) is 29.5 Å². The second-order valence-electron chi connectivity index (χ2n) is 8.66. The van der Waals surface area contributed by atoms with Crippen molar-refractivity contribution in [2.75, 3.05) is 13.7 Å². The van der Waals surface area contributed by atoms with Gasteiger partial charge in [-0.05, 0) is 49.7 Å². The highest BCUT2D eigenvalue weighted by Gasteiger charge is 2.28. The Balaban J connectivity index is 1.36. The van der Waals surface area contributed by atoms with E-state index in [-0.39, 0.29) is 11.9 Å². The molecule has 1 aromatic carbocycles. The van der Waals surface area contributed by atoms with Gasteiger partial charge < -0.3 is 19.0 Å². The van der Waals surface area contributed by atoms with Crippen LogP contribution in [-0.4, -0.2) is 45.4 Å². The number of aromatic amines is 1. The molecular formula is C26H22N4O4S. The summed E-state index contributed by atoms with van der Waals surface area (Å²) in [4.78, 5) is 41.8. The van der Waals surface area contributed by atoms with Gasteiger partial charge >= 0.3 is 5.97 Å². The second kappa shape index (κ2) is 8.06. The van der Waals surface area contributed by atoms with Crippen LogP contribution in [0.15, 0.2) is 41.0 Å². The number of rotatable bonds is 3. The molecule has 1 N–H and O–H groups in total. The first-order valence-electron chi connectivity index (χ1n) is 11.3. The zero-order chi connectivity index (χ0) is 24.3. The van der Waals surface area contributed by atoms with Crippen LogP contribution >= 0.6 is 11.3 Å². The predicted molar refractivity (Wildman–Crippen MR) is 133 cm³/mol. The van der Waals surface area contributed by atoms with Crippen LogP contribution in [-0.2, 0) is 17.7 Å². The molecule has 0 fully saturated rings. The van der Waals surface area contributed by atoms with Crippen molar-refractivity contribution in [2.45, 2.75) is 26.8 Å². The van der Waals surface area contributed by atoms with Crippen LogP contribution in [0.3, 0.4) is 0 Å². The van der Waals surface area contributed by atoms with Crippen molar-refractivity contribution in [1.82, 2.24) is 19.9 Å². The Bertz CT molecular complexity index is 1630. The molecule has 0 saturated heterocycles. The van der Waals surface area contributed by atoms with Gasteiger partial charge in [0.15, 0.2) is 11.6 Å². The Labute approximate surface area is 204 Å². The number of amides is 1. The number of methoxy groups -OCH3 is 1. The lowest BCUT2D eigenvalue weighted by molar-refractivity contribution is 0.0600. The standard InChI is InChI=1S/C26H22N4O4S/c1-13-21-14(2)27-23(20-5-4-10-34-20)29-24(21)35-22(13)25(31)30-9-8-19-17(12-30)16-11-15(26(32)33-3)6-7-18(16)28-19/h4-7,10-11,28H,8-9,12H2,1-3H3. The average Bonchev–Trinajstić information content (AvgIpc) is 3.60. The molecule has 9 heteroatoms. The molecule has 0 saturated carbocycles. The minimum absolute atomic E-state index is 0.0198. The number of nitrogens with zero attached hydrogens (tertiary/aromatic N) is 3. The van der Waals surface area contributed by atoms with E-state index >= 15 is 0 Å². The van der Waals surface area contributed by atoms with Gasteiger partial charge in [0.1, 0.15) is 4.83 Å². The lowest BCUT2D eigenvalue weighted by Gasteiger charge is -2.27. The van der Waals surface area contributed by atoms with Gasteiger partial charge in [-0.25, -0.2) is 14.8 Å². The highest BCUT2D eigenvalue weighted by molar-refractivity contribution is 7.20. The van der Waals surface area contributed by atoms with Crippen molar-refractivity contribution < 1.29 is 18.7 Å². The summed E-state index contributed by atoms with van der Waals surface area (Å²) < 4.78 is 10.3. The number of fused-ring (bicyclic) bond motifs is 4. The van der Waals surface area contributed by atoms with Crippen LogP contribution < -0.4 is 0 Å². The number of nitrogens with one attached hydrogen (secondary N) is 1. The number of aryl methyl sites for hydroxylation is 2. The van der Waals surface area contributed by atoms with Crippen LogP contribution in [0.25, 0.3) is 32.7 Å². The number of aromatic nitrogens is 3. The summed E-state index contributed by atoms with van der Waals surface area (Å²) in [7, 11) is 1.37. The van der Waals surface area contributed by atoms with Gasteiger partial charge in [0, 0.05) is 47.1 Å². The Kier molecular flexibility index (Phi) is 4.96. The topological polar surface area (TPSA) is 101 Å². The lowest BCUT2D eigenvalue weighted by atomic mass is 10.0. The molecule has 0 spiro atoms. The van der Waals surface area contributed by atoms with Crippen LogP contribution in [0, 0.1) is 13.8 Å². The average molecular weight is 487 g/mol. The van der Waals surface area contributed by atoms with E-state index in [1.165, 1.54) is 18.4 Å². The van der Waals surface area contributed by atoms with E-state index in [9.17, 15) is 9.59 Å². The highest BCUT2D eigenvalue weighted by atomic mass is 32.1. The van der Waals surface area contributed by atoms with Crippen LogP contribution in [0.2, 0.25) is 0 Å². The summed E-state index contributed by atoms with van der Waals surface area (Å²) >= 11 is 1.39. The van der Waals surface area contributed by atoms with Crippen LogP contribution in [0.4, 0.5) is 0 Å². The summed E-state index contributed by atoms with van der Waals surface area (Å²) in [6.07, 6.45) is 2.31. The third kappa shape index (κ3) is 3.42. The van der Waals surface area contributed by atoms with Crippen molar-refractivity contribution >= 4 is 44.3 Å². The first-order chi connectivity index (χ1) is 16.9. The third-order valence-electron chi connectivity index (χ3n) is 6.59. The maximum atomic E-state index is 13.7. The van der Waals surface area contributed by atoms with Crippen molar-refractivity contribution in [2.24, 2.45) is 0 Å². The molecule has 0 aliphatic carbocycles. The van der Waals surface area contributed by atoms with Gasteiger partial charge in [-0.3, -0.25) is 4.79 Å². The van der Waals surface area contributed by atoms with Crippen LogP contribution in [0.1, 0.15) is 42.5 Å². The second-order valence-corrected chi connectivity index (χ2v) is 9.66. The third-order valence-corrected chi connectivity index (χ3v) is 7.76. The molecule has 4 aromatic heterocycles. The van der Waals surface area contributed by atoms with E-state index in [1.807, 2.05) is 36.9 Å². The minimum atomic E-state index is -0.378. The Morgan fingerprint density at radius 3 is 2.83 bits per heavy atom. The smallest absolute Gasteiger partial charge is 0.337 e. The molecule has 0 atom stereocenters. The fourth-order valence-electron chi connectivity index (χ4n) is 4.83. The molecule has 5 aromatic rings. The maximum absolute atomic E-state index is 13.7. The van der Waals surface area contributed by atoms with Gasteiger partial charge in [0.25, 0.3) is 5.91 Å². The van der Waals surface area contributed by atoms with Gasteiger partial charge in [-0.1, -0.05) is 0 Å². The first-order valence-corrected chi connectivity index (χ1v) is 12.1. The minimum Gasteiger partial charge on any atom is -0.465 e. The molecule has 1 aliphatic rings. The number of thiophene rings is 1. The number of hydrogen-bond acceptors (Lipinski definition) is 7. The van der Waals surface area contributed by atoms with Gasteiger partial charge in [-0.2, -0.15) is 0 Å². The number of benzene rings is 1. The quantitative estimate of drug-likeness (QED) is 0.359. The molecule has 0 radical (unpaired) electrons. The maximum Gasteiger partial charge on any atom is 0.337 e. The normalized spacial score (nSPS) is 13.4. The van der Waals surface area contributed by atoms with E-state index in [0.29, 0.717) is 41.5 Å². The van der Waals surface area contributed by atoms with E-state index in [4.69, 9.17) is 9.15 Å². The number of H-pyrrole nitrogens is 1. The number of furan rings is 1. The molecule has 0 unspecified atom stereocenters.